The van der Waals surface area contributed by atoms with Gasteiger partial charge in [0.1, 0.15) is 0 Å². The van der Waals surface area contributed by atoms with Crippen LogP contribution in [0.2, 0.25) is 5.02 Å². The van der Waals surface area contributed by atoms with Crippen LogP contribution in [0.4, 0.5) is 11.4 Å². The minimum absolute atomic E-state index is 0.0429. The van der Waals surface area contributed by atoms with E-state index in [0.29, 0.717) is 5.69 Å². The van der Waals surface area contributed by atoms with Gasteiger partial charge in [-0.05, 0) is 17.7 Å². The molecule has 1 aromatic rings. The number of hydrogen-bond donors (Lipinski definition) is 1. The molecule has 0 radical (unpaired) electrons. The fourth-order valence-electron chi connectivity index (χ4n) is 1.79. The van der Waals surface area contributed by atoms with E-state index in [1.54, 1.807) is 19.2 Å². The molecule has 0 saturated carbocycles. The number of amides is 1. The number of likely N-dealkylation sites (N-methyl/N-ethyl adjacent to an activating group) is 1. The van der Waals surface area contributed by atoms with Gasteiger partial charge < -0.3 is 4.90 Å². The Morgan fingerprint density at radius 3 is 2.58 bits per heavy atom. The van der Waals surface area contributed by atoms with Gasteiger partial charge in [-0.25, -0.2) is 0 Å². The third-order valence-corrected chi connectivity index (χ3v) is 4.72. The molecular weight excluding hydrogens is 290 g/mol. The van der Waals surface area contributed by atoms with E-state index in [1.807, 2.05) is 0 Å². The Labute approximate surface area is 117 Å². The number of nitrogens with one attached hydrogen (secondary N) is 1. The van der Waals surface area contributed by atoms with E-state index in [0.717, 1.165) is 9.87 Å². The van der Waals surface area contributed by atoms with Crippen molar-refractivity contribution in [1.29, 1.82) is 0 Å². The number of carbonyl (C=O) groups is 1. The van der Waals surface area contributed by atoms with E-state index in [4.69, 9.17) is 11.6 Å². The second-order valence-corrected chi connectivity index (χ2v) is 6.77. The highest BCUT2D eigenvalue weighted by Gasteiger charge is 2.26. The monoisotopic (exact) mass is 303 g/mol. The van der Waals surface area contributed by atoms with Gasteiger partial charge in [0, 0.05) is 26.8 Å². The third-order valence-electron chi connectivity index (χ3n) is 2.97. The Morgan fingerprint density at radius 2 is 2.00 bits per heavy atom. The van der Waals surface area contributed by atoms with Gasteiger partial charge in [-0.1, -0.05) is 11.6 Å². The highest BCUT2D eigenvalue weighted by atomic mass is 35.5. The molecule has 0 bridgehead atoms. The first-order valence-electron chi connectivity index (χ1n) is 5.51. The van der Waals surface area contributed by atoms with Crippen LogP contribution in [0.25, 0.3) is 0 Å². The SMILES string of the molecule is CN1C(=O)Cc2cc(NS(=O)(=O)N(C)C)c(Cl)cc21. The average molecular weight is 304 g/mol. The van der Waals surface area contributed by atoms with Gasteiger partial charge in [0.2, 0.25) is 5.91 Å². The highest BCUT2D eigenvalue weighted by molar-refractivity contribution is 7.90. The second-order valence-electron chi connectivity index (χ2n) is 4.48. The fraction of sp³-hybridized carbons (Fsp3) is 0.364. The van der Waals surface area contributed by atoms with Gasteiger partial charge in [0.05, 0.1) is 17.1 Å². The number of fused-ring (bicyclic) bond motifs is 1. The van der Waals surface area contributed by atoms with Crippen LogP contribution in [-0.2, 0) is 21.4 Å². The molecule has 1 amide bonds. The van der Waals surface area contributed by atoms with Gasteiger partial charge in [0.15, 0.2) is 0 Å². The van der Waals surface area contributed by atoms with E-state index in [2.05, 4.69) is 4.72 Å². The molecular formula is C11H14ClN3O3S. The summed E-state index contributed by atoms with van der Waals surface area (Å²) in [5, 5.41) is 0.255. The fourth-order valence-corrected chi connectivity index (χ4v) is 2.68. The summed E-state index contributed by atoms with van der Waals surface area (Å²) < 4.78 is 27.0. The first-order valence-corrected chi connectivity index (χ1v) is 7.33. The van der Waals surface area contributed by atoms with Crippen LogP contribution >= 0.6 is 11.6 Å². The van der Waals surface area contributed by atoms with Gasteiger partial charge in [0.25, 0.3) is 0 Å². The zero-order chi connectivity index (χ0) is 14.4. The van der Waals surface area contributed by atoms with Crippen LogP contribution in [0.15, 0.2) is 12.1 Å². The molecule has 1 N–H and O–H groups in total. The molecule has 0 fully saturated rings. The number of benzene rings is 1. The molecule has 0 unspecified atom stereocenters. The second kappa shape index (κ2) is 4.66. The number of rotatable bonds is 3. The minimum Gasteiger partial charge on any atom is -0.315 e. The van der Waals surface area contributed by atoms with Crippen molar-refractivity contribution in [3.8, 4) is 0 Å². The van der Waals surface area contributed by atoms with Crippen molar-refractivity contribution in [2.24, 2.45) is 0 Å². The average Bonchev–Trinajstić information content (AvgIpc) is 2.56. The summed E-state index contributed by atoms with van der Waals surface area (Å²) in [7, 11) is 0.878. The van der Waals surface area contributed by atoms with Crippen LogP contribution in [0.5, 0.6) is 0 Å². The number of nitrogens with zero attached hydrogens (tertiary/aromatic N) is 2. The minimum atomic E-state index is -3.62. The van der Waals surface area contributed by atoms with Crippen LogP contribution in [0.1, 0.15) is 5.56 Å². The summed E-state index contributed by atoms with van der Waals surface area (Å²) in [5.74, 6) is -0.0429. The van der Waals surface area contributed by atoms with Crippen LogP contribution in [-0.4, -0.2) is 39.8 Å². The normalized spacial score (nSPS) is 15.0. The molecule has 6 nitrogen and oxygen atoms in total. The number of hydrogen-bond acceptors (Lipinski definition) is 3. The van der Waals surface area contributed by atoms with Crippen molar-refractivity contribution in [3.05, 3.63) is 22.7 Å². The summed E-state index contributed by atoms with van der Waals surface area (Å²) in [5.41, 5.74) is 1.74. The topological polar surface area (TPSA) is 69.7 Å². The smallest absolute Gasteiger partial charge is 0.301 e. The zero-order valence-corrected chi connectivity index (χ0v) is 12.3. The predicted octanol–water partition coefficient (Wildman–Crippen LogP) is 1.08. The Balaban J connectivity index is 2.41. The zero-order valence-electron chi connectivity index (χ0n) is 10.8. The van der Waals surface area contributed by atoms with Gasteiger partial charge >= 0.3 is 10.2 Å². The molecule has 2 rings (SSSR count). The maximum Gasteiger partial charge on any atom is 0.301 e. The lowest BCUT2D eigenvalue weighted by Gasteiger charge is -2.16. The molecule has 0 saturated heterocycles. The number of carbonyl (C=O) groups excluding carboxylic acids is 1. The van der Waals surface area contributed by atoms with Gasteiger partial charge in [-0.3, -0.25) is 9.52 Å². The molecule has 19 heavy (non-hydrogen) atoms. The molecule has 1 aliphatic rings. The lowest BCUT2D eigenvalue weighted by atomic mass is 10.1. The van der Waals surface area contributed by atoms with E-state index < -0.39 is 10.2 Å². The van der Waals surface area contributed by atoms with Crippen LogP contribution in [0.3, 0.4) is 0 Å². The summed E-state index contributed by atoms with van der Waals surface area (Å²) in [4.78, 5) is 13.1. The molecule has 104 valence electrons. The molecule has 0 aliphatic carbocycles. The van der Waals surface area contributed by atoms with Crippen molar-refractivity contribution < 1.29 is 13.2 Å². The third kappa shape index (κ3) is 2.54. The maximum atomic E-state index is 11.8. The lowest BCUT2D eigenvalue weighted by Crippen LogP contribution is -2.29. The van der Waals surface area contributed by atoms with Crippen molar-refractivity contribution in [2.75, 3.05) is 30.8 Å². The Kier molecular flexibility index (Phi) is 3.46. The predicted molar refractivity (Wildman–Crippen MR) is 74.8 cm³/mol. The van der Waals surface area contributed by atoms with E-state index in [1.165, 1.54) is 19.0 Å². The molecule has 0 atom stereocenters. The Bertz CT molecular complexity index is 643. The van der Waals surface area contributed by atoms with E-state index in [9.17, 15) is 13.2 Å². The van der Waals surface area contributed by atoms with Crippen LogP contribution in [0, 0.1) is 0 Å². The van der Waals surface area contributed by atoms with Crippen molar-refractivity contribution in [2.45, 2.75) is 6.42 Å². The maximum absolute atomic E-state index is 11.8. The van der Waals surface area contributed by atoms with Crippen molar-refractivity contribution in [1.82, 2.24) is 4.31 Å². The lowest BCUT2D eigenvalue weighted by molar-refractivity contribution is -0.117. The van der Waals surface area contributed by atoms with Crippen LogP contribution < -0.4 is 9.62 Å². The Hall–Kier alpha value is -1.31. The van der Waals surface area contributed by atoms with Crippen molar-refractivity contribution in [3.63, 3.8) is 0 Å². The van der Waals surface area contributed by atoms with E-state index >= 15 is 0 Å². The molecule has 0 spiro atoms. The Morgan fingerprint density at radius 1 is 1.37 bits per heavy atom. The van der Waals surface area contributed by atoms with E-state index in [-0.39, 0.29) is 23.0 Å². The molecule has 0 aromatic heterocycles. The first-order chi connectivity index (χ1) is 8.72. The summed E-state index contributed by atoms with van der Waals surface area (Å²) in [6, 6.07) is 3.19. The molecule has 1 heterocycles. The number of anilines is 2. The highest BCUT2D eigenvalue weighted by Crippen LogP contribution is 2.35. The van der Waals surface area contributed by atoms with Gasteiger partial charge in [-0.2, -0.15) is 12.7 Å². The summed E-state index contributed by atoms with van der Waals surface area (Å²) >= 11 is 6.05. The van der Waals surface area contributed by atoms with Gasteiger partial charge in [-0.15, -0.1) is 0 Å². The molecule has 1 aliphatic heterocycles. The molecule has 8 heteroatoms. The van der Waals surface area contributed by atoms with Crippen molar-refractivity contribution >= 4 is 39.1 Å². The quantitative estimate of drug-likeness (QED) is 0.908. The number of halogens is 1. The molecule has 1 aromatic carbocycles. The summed E-state index contributed by atoms with van der Waals surface area (Å²) in [6.07, 6.45) is 0.250. The first kappa shape index (κ1) is 14.1. The largest absolute Gasteiger partial charge is 0.315 e. The summed E-state index contributed by atoms with van der Waals surface area (Å²) in [6.45, 7) is 0. The standard InChI is InChI=1S/C11H14ClN3O3S/c1-14(2)19(17,18)13-9-4-7-5-11(16)15(3)10(7)6-8(9)12/h4,6,13H,5H2,1-3H3.